The molecule has 0 aliphatic rings. The third-order valence-corrected chi connectivity index (χ3v) is 2.66. The molecule has 0 aliphatic carbocycles. The molecular formula is C15H16N2O. The quantitative estimate of drug-likeness (QED) is 0.862. The van der Waals surface area contributed by atoms with Crippen molar-refractivity contribution in [3.05, 3.63) is 60.2 Å². The van der Waals surface area contributed by atoms with Gasteiger partial charge in [-0.15, -0.1) is 0 Å². The van der Waals surface area contributed by atoms with E-state index in [2.05, 4.69) is 10.6 Å². The molecule has 1 amide bonds. The van der Waals surface area contributed by atoms with Crippen molar-refractivity contribution >= 4 is 17.3 Å². The number of carbonyl (C=O) groups excluding carboxylic acids is 1. The van der Waals surface area contributed by atoms with E-state index in [4.69, 9.17) is 0 Å². The average molecular weight is 240 g/mol. The van der Waals surface area contributed by atoms with Crippen LogP contribution in [0.25, 0.3) is 0 Å². The van der Waals surface area contributed by atoms with Gasteiger partial charge in [-0.3, -0.25) is 4.79 Å². The number of nitrogens with one attached hydrogen (secondary N) is 2. The Morgan fingerprint density at radius 1 is 0.944 bits per heavy atom. The molecule has 0 saturated carbocycles. The zero-order valence-electron chi connectivity index (χ0n) is 10.3. The van der Waals surface area contributed by atoms with Crippen LogP contribution in [0.5, 0.6) is 0 Å². The first-order valence-electron chi connectivity index (χ1n) is 5.89. The van der Waals surface area contributed by atoms with Crippen LogP contribution in [-0.4, -0.2) is 13.0 Å². The van der Waals surface area contributed by atoms with Gasteiger partial charge in [-0.25, -0.2) is 0 Å². The highest BCUT2D eigenvalue weighted by molar-refractivity contribution is 5.92. The van der Waals surface area contributed by atoms with Crippen molar-refractivity contribution in [2.75, 3.05) is 17.7 Å². The van der Waals surface area contributed by atoms with E-state index in [0.717, 1.165) is 16.9 Å². The van der Waals surface area contributed by atoms with Gasteiger partial charge in [0.2, 0.25) is 5.91 Å². The largest absolute Gasteiger partial charge is 0.388 e. The lowest BCUT2D eigenvalue weighted by atomic mass is 10.1. The molecular weight excluding hydrogens is 224 g/mol. The second kappa shape index (κ2) is 5.87. The standard InChI is InChI=1S/C15H16N2O/c1-16-13-7-9-14(10-8-13)17-15(18)11-12-5-3-2-4-6-12/h2-10,16H,11H2,1H3,(H,17,18). The highest BCUT2D eigenvalue weighted by atomic mass is 16.1. The van der Waals surface area contributed by atoms with E-state index >= 15 is 0 Å². The predicted molar refractivity (Wildman–Crippen MR) is 74.8 cm³/mol. The zero-order chi connectivity index (χ0) is 12.8. The Bertz CT molecular complexity index is 506. The highest BCUT2D eigenvalue weighted by Crippen LogP contribution is 2.13. The summed E-state index contributed by atoms with van der Waals surface area (Å²) in [5, 5.41) is 5.91. The van der Waals surface area contributed by atoms with Crippen LogP contribution in [0.1, 0.15) is 5.56 Å². The summed E-state index contributed by atoms with van der Waals surface area (Å²) in [6.45, 7) is 0. The normalized spacial score (nSPS) is 9.83. The number of rotatable bonds is 4. The molecule has 18 heavy (non-hydrogen) atoms. The average Bonchev–Trinajstić information content (AvgIpc) is 2.40. The Morgan fingerprint density at radius 2 is 1.56 bits per heavy atom. The topological polar surface area (TPSA) is 41.1 Å². The Morgan fingerprint density at radius 3 is 2.17 bits per heavy atom. The number of carbonyl (C=O) groups is 1. The van der Waals surface area contributed by atoms with Crippen LogP contribution >= 0.6 is 0 Å². The van der Waals surface area contributed by atoms with Crippen molar-refractivity contribution in [1.82, 2.24) is 0 Å². The number of amides is 1. The van der Waals surface area contributed by atoms with Gasteiger partial charge in [-0.2, -0.15) is 0 Å². The van der Waals surface area contributed by atoms with Crippen LogP contribution in [0.4, 0.5) is 11.4 Å². The van der Waals surface area contributed by atoms with Crippen molar-refractivity contribution in [1.29, 1.82) is 0 Å². The fourth-order valence-corrected chi connectivity index (χ4v) is 1.71. The van der Waals surface area contributed by atoms with E-state index in [0.29, 0.717) is 6.42 Å². The van der Waals surface area contributed by atoms with Crippen molar-refractivity contribution in [3.63, 3.8) is 0 Å². The molecule has 0 atom stereocenters. The fourth-order valence-electron chi connectivity index (χ4n) is 1.71. The summed E-state index contributed by atoms with van der Waals surface area (Å²) in [6.07, 6.45) is 0.397. The molecule has 3 nitrogen and oxygen atoms in total. The van der Waals surface area contributed by atoms with E-state index < -0.39 is 0 Å². The Hall–Kier alpha value is -2.29. The minimum absolute atomic E-state index is 0.00147. The monoisotopic (exact) mass is 240 g/mol. The van der Waals surface area contributed by atoms with Gasteiger partial charge in [0.25, 0.3) is 0 Å². The van der Waals surface area contributed by atoms with Crippen LogP contribution < -0.4 is 10.6 Å². The molecule has 0 heterocycles. The third kappa shape index (κ3) is 3.35. The summed E-state index contributed by atoms with van der Waals surface area (Å²) in [6, 6.07) is 17.3. The maximum atomic E-state index is 11.8. The summed E-state index contributed by atoms with van der Waals surface area (Å²) < 4.78 is 0. The van der Waals surface area contributed by atoms with Crippen LogP contribution in [-0.2, 0) is 11.2 Å². The van der Waals surface area contributed by atoms with E-state index in [1.807, 2.05) is 61.6 Å². The van der Waals surface area contributed by atoms with Crippen molar-refractivity contribution in [3.8, 4) is 0 Å². The summed E-state index contributed by atoms with van der Waals surface area (Å²) >= 11 is 0. The molecule has 0 spiro atoms. The summed E-state index contributed by atoms with van der Waals surface area (Å²) in [4.78, 5) is 11.8. The molecule has 0 radical (unpaired) electrons. The minimum atomic E-state index is -0.00147. The first-order valence-corrected chi connectivity index (χ1v) is 5.89. The molecule has 0 saturated heterocycles. The Labute approximate surface area is 107 Å². The molecule has 0 bridgehead atoms. The zero-order valence-corrected chi connectivity index (χ0v) is 10.3. The molecule has 92 valence electrons. The van der Waals surface area contributed by atoms with Crippen LogP contribution in [0.3, 0.4) is 0 Å². The Kier molecular flexibility index (Phi) is 3.97. The first-order chi connectivity index (χ1) is 8.78. The smallest absolute Gasteiger partial charge is 0.228 e. The number of hydrogen-bond acceptors (Lipinski definition) is 2. The number of hydrogen-bond donors (Lipinski definition) is 2. The molecule has 3 heteroatoms. The summed E-state index contributed by atoms with van der Waals surface area (Å²) in [7, 11) is 1.86. The molecule has 2 rings (SSSR count). The fraction of sp³-hybridized carbons (Fsp3) is 0.133. The second-order valence-corrected chi connectivity index (χ2v) is 4.04. The van der Waals surface area contributed by atoms with Gasteiger partial charge in [0, 0.05) is 18.4 Å². The summed E-state index contributed by atoms with van der Waals surface area (Å²) in [5.41, 5.74) is 2.85. The lowest BCUT2D eigenvalue weighted by Crippen LogP contribution is -2.14. The van der Waals surface area contributed by atoms with E-state index in [-0.39, 0.29) is 5.91 Å². The van der Waals surface area contributed by atoms with Crippen LogP contribution in [0.15, 0.2) is 54.6 Å². The maximum absolute atomic E-state index is 11.8. The van der Waals surface area contributed by atoms with Crippen molar-refractivity contribution < 1.29 is 4.79 Å². The molecule has 2 aromatic rings. The lowest BCUT2D eigenvalue weighted by Gasteiger charge is -2.06. The molecule has 0 aliphatic heterocycles. The molecule has 0 fully saturated rings. The molecule has 2 N–H and O–H groups in total. The third-order valence-electron chi connectivity index (χ3n) is 2.66. The first kappa shape index (κ1) is 12.2. The summed E-state index contributed by atoms with van der Waals surface area (Å²) in [5.74, 6) is -0.00147. The van der Waals surface area contributed by atoms with Gasteiger partial charge in [0.15, 0.2) is 0 Å². The minimum Gasteiger partial charge on any atom is -0.388 e. The van der Waals surface area contributed by atoms with E-state index in [9.17, 15) is 4.79 Å². The van der Waals surface area contributed by atoms with Gasteiger partial charge < -0.3 is 10.6 Å². The SMILES string of the molecule is CNc1ccc(NC(=O)Cc2ccccc2)cc1. The molecule has 0 aromatic heterocycles. The van der Waals surface area contributed by atoms with Gasteiger partial charge in [-0.05, 0) is 29.8 Å². The van der Waals surface area contributed by atoms with Crippen molar-refractivity contribution in [2.45, 2.75) is 6.42 Å². The maximum Gasteiger partial charge on any atom is 0.228 e. The Balaban J connectivity index is 1.94. The number of benzene rings is 2. The second-order valence-electron chi connectivity index (χ2n) is 4.04. The molecule has 0 unspecified atom stereocenters. The van der Waals surface area contributed by atoms with Crippen LogP contribution in [0.2, 0.25) is 0 Å². The van der Waals surface area contributed by atoms with Gasteiger partial charge in [0.05, 0.1) is 6.42 Å². The van der Waals surface area contributed by atoms with Crippen LogP contribution in [0, 0.1) is 0 Å². The highest BCUT2D eigenvalue weighted by Gasteiger charge is 2.03. The van der Waals surface area contributed by atoms with E-state index in [1.165, 1.54) is 0 Å². The predicted octanol–water partition coefficient (Wildman–Crippen LogP) is 2.91. The van der Waals surface area contributed by atoms with E-state index in [1.54, 1.807) is 0 Å². The molecule has 2 aromatic carbocycles. The lowest BCUT2D eigenvalue weighted by molar-refractivity contribution is -0.115. The van der Waals surface area contributed by atoms with Gasteiger partial charge in [-0.1, -0.05) is 30.3 Å². The number of anilines is 2. The van der Waals surface area contributed by atoms with Gasteiger partial charge >= 0.3 is 0 Å². The van der Waals surface area contributed by atoms with Gasteiger partial charge in [0.1, 0.15) is 0 Å². The van der Waals surface area contributed by atoms with Crippen molar-refractivity contribution in [2.24, 2.45) is 0 Å².